The fraction of sp³-hybridized carbons (Fsp3) is 0. The van der Waals surface area contributed by atoms with Crippen molar-refractivity contribution in [2.45, 2.75) is 0 Å². The van der Waals surface area contributed by atoms with Crippen LogP contribution in [0.25, 0.3) is 6.08 Å². The highest BCUT2D eigenvalue weighted by molar-refractivity contribution is 9.10. The zero-order valence-corrected chi connectivity index (χ0v) is 10.7. The predicted octanol–water partition coefficient (Wildman–Crippen LogP) is 3.57. The van der Waals surface area contributed by atoms with E-state index < -0.39 is 0 Å². The zero-order valence-electron chi connectivity index (χ0n) is 7.49. The van der Waals surface area contributed by atoms with Gasteiger partial charge < -0.3 is 5.32 Å². The second kappa shape index (κ2) is 4.47. The van der Waals surface area contributed by atoms with Crippen molar-refractivity contribution in [3.63, 3.8) is 0 Å². The summed E-state index contributed by atoms with van der Waals surface area (Å²) in [5, 5.41) is 2.47. The Balaban J connectivity index is 2.27. The molecule has 1 fully saturated rings. The molecule has 0 aromatic heterocycles. The lowest BCUT2D eigenvalue weighted by molar-refractivity contribution is 0.265. The molecule has 76 valence electrons. The van der Waals surface area contributed by atoms with Crippen LogP contribution in [-0.4, -0.2) is 10.2 Å². The first-order valence-corrected chi connectivity index (χ1v) is 6.17. The molecular formula is C10H6BrNOS2. The third-order valence-corrected chi connectivity index (χ3v) is 3.62. The average molecular weight is 300 g/mol. The van der Waals surface area contributed by atoms with Crippen molar-refractivity contribution < 1.29 is 4.79 Å². The van der Waals surface area contributed by atoms with Crippen molar-refractivity contribution in [3.05, 3.63) is 39.2 Å². The lowest BCUT2D eigenvalue weighted by Crippen LogP contribution is -2.15. The quantitative estimate of drug-likeness (QED) is 0.635. The van der Waals surface area contributed by atoms with Crippen LogP contribution in [-0.2, 0) is 0 Å². The van der Waals surface area contributed by atoms with Crippen molar-refractivity contribution in [3.8, 4) is 0 Å². The van der Waals surface area contributed by atoms with Crippen molar-refractivity contribution in [2.24, 2.45) is 0 Å². The van der Waals surface area contributed by atoms with Gasteiger partial charge in [-0.05, 0) is 35.5 Å². The number of nitrogens with one attached hydrogen (secondary N) is 1. The normalized spacial score (nSPS) is 18.3. The molecule has 1 saturated heterocycles. The van der Waals surface area contributed by atoms with Crippen LogP contribution < -0.4 is 5.32 Å². The van der Waals surface area contributed by atoms with E-state index in [4.69, 9.17) is 12.2 Å². The molecule has 0 aliphatic carbocycles. The van der Waals surface area contributed by atoms with E-state index in [9.17, 15) is 4.79 Å². The summed E-state index contributed by atoms with van der Waals surface area (Å²) in [5.74, 6) is 0. The molecule has 1 N–H and O–H groups in total. The van der Waals surface area contributed by atoms with Gasteiger partial charge in [-0.15, -0.1) is 0 Å². The highest BCUT2D eigenvalue weighted by Gasteiger charge is 2.21. The largest absolute Gasteiger partial charge is 0.307 e. The SMILES string of the molecule is O=C1NC(=S)/C(=C\c2ccc(Br)cc2)S1. The molecule has 0 atom stereocenters. The summed E-state index contributed by atoms with van der Waals surface area (Å²) in [6.07, 6.45) is 1.90. The summed E-state index contributed by atoms with van der Waals surface area (Å²) in [6, 6.07) is 7.82. The number of hydrogen-bond donors (Lipinski definition) is 1. The standard InChI is InChI=1S/C10H6BrNOS2/c11-7-3-1-6(2-4-7)5-8-9(14)12-10(13)15-8/h1-5H,(H,12,13,14)/b8-5+. The maximum absolute atomic E-state index is 11.0. The maximum atomic E-state index is 11.0. The minimum absolute atomic E-state index is 0.108. The summed E-state index contributed by atoms with van der Waals surface area (Å²) in [6.45, 7) is 0. The van der Waals surface area contributed by atoms with E-state index in [0.717, 1.165) is 26.7 Å². The van der Waals surface area contributed by atoms with Gasteiger partial charge in [0.25, 0.3) is 5.24 Å². The number of benzene rings is 1. The number of halogens is 1. The molecule has 2 rings (SSSR count). The van der Waals surface area contributed by atoms with Gasteiger partial charge in [0.2, 0.25) is 0 Å². The summed E-state index contributed by atoms with van der Waals surface area (Å²) >= 11 is 9.50. The van der Waals surface area contributed by atoms with Gasteiger partial charge >= 0.3 is 0 Å². The number of hydrogen-bond acceptors (Lipinski definition) is 3. The first kappa shape index (κ1) is 10.9. The lowest BCUT2D eigenvalue weighted by atomic mass is 10.2. The van der Waals surface area contributed by atoms with Gasteiger partial charge in [0.05, 0.1) is 4.91 Å². The van der Waals surface area contributed by atoms with E-state index >= 15 is 0 Å². The topological polar surface area (TPSA) is 29.1 Å². The second-order valence-electron chi connectivity index (χ2n) is 2.90. The number of rotatable bonds is 1. The fourth-order valence-corrected chi connectivity index (χ4v) is 2.43. The van der Waals surface area contributed by atoms with Gasteiger partial charge in [-0.3, -0.25) is 4.79 Å². The third-order valence-electron chi connectivity index (χ3n) is 1.81. The molecule has 5 heteroatoms. The molecule has 1 heterocycles. The Bertz CT molecular complexity index is 453. The molecule has 0 bridgehead atoms. The van der Waals surface area contributed by atoms with E-state index in [1.165, 1.54) is 0 Å². The van der Waals surface area contributed by atoms with Crippen LogP contribution in [0.15, 0.2) is 33.6 Å². The molecule has 1 aromatic carbocycles. The first-order chi connectivity index (χ1) is 7.15. The minimum Gasteiger partial charge on any atom is -0.307 e. The van der Waals surface area contributed by atoms with Gasteiger partial charge in [0.15, 0.2) is 0 Å². The average Bonchev–Trinajstić information content (AvgIpc) is 2.49. The van der Waals surface area contributed by atoms with Gasteiger partial charge in [-0.2, -0.15) is 0 Å². The van der Waals surface area contributed by atoms with E-state index in [-0.39, 0.29) is 5.24 Å². The molecule has 0 spiro atoms. The third kappa shape index (κ3) is 2.68. The van der Waals surface area contributed by atoms with Gasteiger partial charge in [0, 0.05) is 4.47 Å². The highest BCUT2D eigenvalue weighted by atomic mass is 79.9. The summed E-state index contributed by atoms with van der Waals surface area (Å²) < 4.78 is 1.03. The van der Waals surface area contributed by atoms with E-state index in [2.05, 4.69) is 21.2 Å². The molecule has 1 aromatic rings. The van der Waals surface area contributed by atoms with Crippen molar-refractivity contribution in [2.75, 3.05) is 0 Å². The van der Waals surface area contributed by atoms with Gasteiger partial charge in [-0.25, -0.2) is 0 Å². The van der Waals surface area contributed by atoms with Crippen LogP contribution in [0.1, 0.15) is 5.56 Å². The molecule has 0 unspecified atom stereocenters. The van der Waals surface area contributed by atoms with Crippen LogP contribution in [0, 0.1) is 0 Å². The molecule has 2 nitrogen and oxygen atoms in total. The molecule has 1 aliphatic heterocycles. The highest BCUT2D eigenvalue weighted by Crippen LogP contribution is 2.26. The number of thioether (sulfide) groups is 1. The summed E-state index contributed by atoms with van der Waals surface area (Å²) in [5.41, 5.74) is 1.03. The smallest absolute Gasteiger partial charge is 0.289 e. The molecular weight excluding hydrogens is 294 g/mol. The maximum Gasteiger partial charge on any atom is 0.289 e. The Kier molecular flexibility index (Phi) is 3.23. The molecule has 1 amide bonds. The zero-order chi connectivity index (χ0) is 10.8. The van der Waals surface area contributed by atoms with Crippen LogP contribution in [0.5, 0.6) is 0 Å². The summed E-state index contributed by atoms with van der Waals surface area (Å²) in [4.78, 5) is 12.3. The van der Waals surface area contributed by atoms with Crippen LogP contribution >= 0.6 is 39.9 Å². The Hall–Kier alpha value is -0.650. The van der Waals surface area contributed by atoms with Crippen LogP contribution in [0.2, 0.25) is 0 Å². The van der Waals surface area contributed by atoms with Crippen molar-refractivity contribution in [1.82, 2.24) is 5.32 Å². The van der Waals surface area contributed by atoms with E-state index in [1.54, 1.807) is 0 Å². The van der Waals surface area contributed by atoms with Crippen LogP contribution in [0.3, 0.4) is 0 Å². The minimum atomic E-state index is -0.108. The molecule has 0 saturated carbocycles. The molecule has 0 radical (unpaired) electrons. The predicted molar refractivity (Wildman–Crippen MR) is 70.8 cm³/mol. The number of carbonyl (C=O) groups is 1. The van der Waals surface area contributed by atoms with Gasteiger partial charge in [0.1, 0.15) is 4.99 Å². The van der Waals surface area contributed by atoms with Crippen LogP contribution in [0.4, 0.5) is 4.79 Å². The van der Waals surface area contributed by atoms with Crippen molar-refractivity contribution in [1.29, 1.82) is 0 Å². The number of thiocarbonyl (C=S) groups is 1. The van der Waals surface area contributed by atoms with Crippen molar-refractivity contribution >= 4 is 56.2 Å². The van der Waals surface area contributed by atoms with Gasteiger partial charge in [-0.1, -0.05) is 40.3 Å². The number of carbonyl (C=O) groups excluding carboxylic acids is 1. The lowest BCUT2D eigenvalue weighted by Gasteiger charge is -1.96. The Morgan fingerprint density at radius 1 is 1.33 bits per heavy atom. The Morgan fingerprint density at radius 2 is 2.00 bits per heavy atom. The Labute approximate surface area is 105 Å². The fourth-order valence-electron chi connectivity index (χ4n) is 1.13. The second-order valence-corrected chi connectivity index (χ2v) is 5.24. The Morgan fingerprint density at radius 3 is 2.53 bits per heavy atom. The van der Waals surface area contributed by atoms with E-state index in [0.29, 0.717) is 4.99 Å². The molecule has 1 aliphatic rings. The monoisotopic (exact) mass is 299 g/mol. The molecule has 15 heavy (non-hydrogen) atoms. The summed E-state index contributed by atoms with van der Waals surface area (Å²) in [7, 11) is 0. The first-order valence-electron chi connectivity index (χ1n) is 4.15. The number of amides is 1. The van der Waals surface area contributed by atoms with E-state index in [1.807, 2.05) is 30.3 Å².